The molecule has 2 aliphatic heterocycles. The molecular weight excluding hydrogens is 899 g/mol. The van der Waals surface area contributed by atoms with Crippen LogP contribution in [-0.4, -0.2) is 63.8 Å². The second-order valence-corrected chi connectivity index (χ2v) is 14.8. The van der Waals surface area contributed by atoms with Gasteiger partial charge in [0.05, 0.1) is 40.2 Å². The first-order valence-electron chi connectivity index (χ1n) is 17.8. The van der Waals surface area contributed by atoms with Crippen molar-refractivity contribution in [1.82, 2.24) is 0 Å². The number of alkyl halides is 3. The number of aliphatic hydroxyl groups excluding tert-OH is 1. The summed E-state index contributed by atoms with van der Waals surface area (Å²) in [7, 11) is 1.00. The number of halogens is 5. The van der Waals surface area contributed by atoms with E-state index in [1.54, 1.807) is 49.9 Å². The van der Waals surface area contributed by atoms with Gasteiger partial charge in [0.15, 0.2) is 21.8 Å². The first-order valence-corrected chi connectivity index (χ1v) is 18.6. The van der Waals surface area contributed by atoms with Crippen molar-refractivity contribution >= 4 is 82.2 Å². The van der Waals surface area contributed by atoms with Gasteiger partial charge < -0.3 is 29.9 Å². The second-order valence-electron chi connectivity index (χ2n) is 14.1. The van der Waals surface area contributed by atoms with E-state index in [9.17, 15) is 41.1 Å². The molecule has 0 atom stereocenters. The van der Waals surface area contributed by atoms with Crippen molar-refractivity contribution in [1.29, 1.82) is 10.5 Å². The van der Waals surface area contributed by atoms with Crippen molar-refractivity contribution in [2.45, 2.75) is 58.5 Å². The van der Waals surface area contributed by atoms with Crippen LogP contribution in [0.3, 0.4) is 0 Å². The summed E-state index contributed by atoms with van der Waals surface area (Å²) in [5.41, 5.74) is -1.87. The van der Waals surface area contributed by atoms with Gasteiger partial charge in [-0.15, -0.1) is 0 Å². The fraction of sp³-hybridized carbons (Fsp3) is 0.238. The maximum atomic E-state index is 14.5. The number of aryl methyl sites for hydroxylation is 1. The third-order valence-corrected chi connectivity index (χ3v) is 10.3. The average molecular weight is 935 g/mol. The first kappa shape index (κ1) is 54.2. The fourth-order valence-electron chi connectivity index (χ4n) is 6.52. The summed E-state index contributed by atoms with van der Waals surface area (Å²) in [5.74, 6) is -2.72. The molecule has 330 valence electrons. The molecule has 4 aromatic carbocycles. The molecule has 2 fully saturated rings. The molecule has 2 aliphatic rings. The quantitative estimate of drug-likeness (QED) is 0.109. The van der Waals surface area contributed by atoms with E-state index in [1.165, 1.54) is 54.0 Å². The predicted octanol–water partition coefficient (Wildman–Crippen LogP) is 4.20. The minimum atomic E-state index is -4.82. The molecule has 0 bridgehead atoms. The molecule has 0 radical (unpaired) electrons. The number of ether oxygens (including phenoxy) is 2. The summed E-state index contributed by atoms with van der Waals surface area (Å²) in [6, 6.07) is 19.3. The Bertz CT molecular complexity index is 2570. The molecule has 2 heterocycles. The smallest absolute Gasteiger partial charge is 0.870 e. The molecular formula is C42H36F5N6NaO8S2. The van der Waals surface area contributed by atoms with E-state index >= 15 is 0 Å². The number of nitriles is 2. The minimum absolute atomic E-state index is 0. The second kappa shape index (κ2) is 21.6. The zero-order chi connectivity index (χ0) is 46.5. The maximum absolute atomic E-state index is 14.5. The zero-order valence-corrected chi connectivity index (χ0v) is 38.7. The zero-order valence-electron chi connectivity index (χ0n) is 35.0. The van der Waals surface area contributed by atoms with Gasteiger partial charge in [-0.05, 0) is 125 Å². The molecule has 6 rings (SSSR count). The third kappa shape index (κ3) is 10.5. The number of thiocarbonyl (C=S) groups is 2. The molecule has 0 aromatic heterocycles. The van der Waals surface area contributed by atoms with Gasteiger partial charge in [0, 0.05) is 30.1 Å². The number of amides is 2. The van der Waals surface area contributed by atoms with Gasteiger partial charge in [-0.2, -0.15) is 23.7 Å². The van der Waals surface area contributed by atoms with Gasteiger partial charge in [-0.1, -0.05) is 6.07 Å². The Hall–Kier alpha value is -5.91. The van der Waals surface area contributed by atoms with Crippen molar-refractivity contribution < 1.29 is 90.7 Å². The maximum Gasteiger partial charge on any atom is 1.00 e. The van der Waals surface area contributed by atoms with Gasteiger partial charge in [0.25, 0.3) is 24.8 Å². The monoisotopic (exact) mass is 934 g/mol. The van der Waals surface area contributed by atoms with Gasteiger partial charge in [0.2, 0.25) is 0 Å². The Kier molecular flexibility index (Phi) is 18.3. The van der Waals surface area contributed by atoms with Crippen LogP contribution in [0.2, 0.25) is 0 Å². The SMILES string of the molecule is CC1(C)C(=O)N(c2ccc(C#N)c(C(F)(F)F)c2)C(=S)N1c1ccc(OC=O)c(F)c1.CO.Cc1cc(N2C(=O)C(C)(C)N(c3ccc(COC=O)c(F)c3)C2=S)ccc1C#N.[Na+].[OH-]. The molecule has 22 heteroatoms. The molecule has 4 aromatic rings. The summed E-state index contributed by atoms with van der Waals surface area (Å²) < 4.78 is 77.9. The van der Waals surface area contributed by atoms with E-state index < -0.39 is 45.9 Å². The largest absolute Gasteiger partial charge is 1.00 e. The Labute approximate surface area is 396 Å². The van der Waals surface area contributed by atoms with Gasteiger partial charge in [-0.3, -0.25) is 29.0 Å². The van der Waals surface area contributed by atoms with E-state index in [0.717, 1.165) is 35.8 Å². The van der Waals surface area contributed by atoms with Crippen LogP contribution in [0, 0.1) is 41.2 Å². The van der Waals surface area contributed by atoms with Crippen LogP contribution in [0.1, 0.15) is 55.5 Å². The van der Waals surface area contributed by atoms with Crippen LogP contribution < -0.4 is 53.9 Å². The number of rotatable bonds is 9. The van der Waals surface area contributed by atoms with E-state index in [4.69, 9.17) is 40.1 Å². The predicted molar refractivity (Wildman–Crippen MR) is 226 cm³/mol. The number of carbonyl (C=O) groups is 4. The normalized spacial score (nSPS) is 14.7. The Morgan fingerprint density at radius 1 is 0.719 bits per heavy atom. The molecule has 0 spiro atoms. The van der Waals surface area contributed by atoms with Crippen LogP contribution in [0.4, 0.5) is 44.7 Å². The van der Waals surface area contributed by atoms with Crippen LogP contribution in [0.5, 0.6) is 5.75 Å². The number of nitrogens with zero attached hydrogens (tertiary/aromatic N) is 6. The van der Waals surface area contributed by atoms with Crippen molar-refractivity contribution in [2.24, 2.45) is 0 Å². The summed E-state index contributed by atoms with van der Waals surface area (Å²) in [4.78, 5) is 52.2. The number of hydrogen-bond donors (Lipinski definition) is 1. The summed E-state index contributed by atoms with van der Waals surface area (Å²) in [6.45, 7) is 8.27. The van der Waals surface area contributed by atoms with E-state index in [1.807, 2.05) is 0 Å². The number of hydrogen-bond acceptors (Lipinski definition) is 12. The fourth-order valence-corrected chi connectivity index (χ4v) is 7.56. The van der Waals surface area contributed by atoms with E-state index in [0.29, 0.717) is 23.0 Å². The minimum Gasteiger partial charge on any atom is -0.870 e. The molecule has 14 nitrogen and oxygen atoms in total. The number of carbonyl (C=O) groups excluding carboxylic acids is 4. The van der Waals surface area contributed by atoms with E-state index in [2.05, 4.69) is 15.5 Å². The Balaban J connectivity index is 0.000000412. The Morgan fingerprint density at radius 3 is 1.59 bits per heavy atom. The summed E-state index contributed by atoms with van der Waals surface area (Å²) >= 11 is 10.9. The topological polar surface area (TPSA) is 198 Å². The van der Waals surface area contributed by atoms with Crippen LogP contribution in [0.25, 0.3) is 0 Å². The van der Waals surface area contributed by atoms with Gasteiger partial charge >= 0.3 is 35.7 Å². The third-order valence-electron chi connectivity index (χ3n) is 9.56. The average Bonchev–Trinajstić information content (AvgIpc) is 3.52. The van der Waals surface area contributed by atoms with Gasteiger partial charge in [0.1, 0.15) is 23.5 Å². The molecule has 64 heavy (non-hydrogen) atoms. The molecule has 0 saturated carbocycles. The molecule has 0 unspecified atom stereocenters. The van der Waals surface area contributed by atoms with Crippen molar-refractivity contribution in [3.63, 3.8) is 0 Å². The molecule has 0 aliphatic carbocycles. The van der Waals surface area contributed by atoms with Crippen molar-refractivity contribution in [2.75, 3.05) is 26.7 Å². The van der Waals surface area contributed by atoms with Crippen LogP contribution >= 0.6 is 24.4 Å². The van der Waals surface area contributed by atoms with Crippen molar-refractivity contribution in [3.05, 3.63) is 112 Å². The first-order chi connectivity index (χ1) is 29.1. The molecule has 2 N–H and O–H groups in total. The number of anilines is 4. The number of benzene rings is 4. The van der Waals surface area contributed by atoms with Crippen LogP contribution in [0.15, 0.2) is 72.8 Å². The van der Waals surface area contributed by atoms with Crippen molar-refractivity contribution in [3.8, 4) is 17.9 Å². The number of aliphatic hydroxyl groups is 1. The Morgan fingerprint density at radius 2 is 1.17 bits per heavy atom. The van der Waals surface area contributed by atoms with Crippen LogP contribution in [-0.2, 0) is 36.7 Å². The molecule has 2 saturated heterocycles. The summed E-state index contributed by atoms with van der Waals surface area (Å²) in [5, 5.41) is 25.1. The summed E-state index contributed by atoms with van der Waals surface area (Å²) in [6.07, 6.45) is -4.82. The molecule has 2 amide bonds. The van der Waals surface area contributed by atoms with E-state index in [-0.39, 0.29) is 93.4 Å². The standard InChI is InChI=1S/C21H18FN3O3S.C20H13F4N3O3S.CH4O.Na.H2O/c1-13-8-16(6-4-14(13)10-23)24-19(27)21(2,3)25(20(24)29)17-7-5-15(11-28-12-26)18(22)9-17;1-19(2)17(29)26(12-4-3-11(9-25)14(7-12)20(22,23)24)18(31)27(19)13-5-6-16(30-10-28)15(21)8-13;1-2;;/h4-9,12H,11H2,1-3H3;3-8,10H,1-2H3;2H,1H3;;1H2/q;;;+1;/p-1. The van der Waals surface area contributed by atoms with Gasteiger partial charge in [-0.25, -0.2) is 8.78 Å².